The first-order valence-electron chi connectivity index (χ1n) is 11.1. The summed E-state index contributed by atoms with van der Waals surface area (Å²) in [5.41, 5.74) is 3.45. The summed E-state index contributed by atoms with van der Waals surface area (Å²) < 4.78 is 17.1. The van der Waals surface area contributed by atoms with E-state index in [1.54, 1.807) is 24.3 Å². The minimum Gasteiger partial charge on any atom is -0.490 e. The molecular weight excluding hydrogens is 524 g/mol. The molecular formula is C28H25BrN2O5. The molecule has 0 unspecified atom stereocenters. The van der Waals surface area contributed by atoms with Crippen molar-refractivity contribution in [2.24, 2.45) is 0 Å². The molecule has 0 fully saturated rings. The van der Waals surface area contributed by atoms with E-state index in [-0.39, 0.29) is 5.57 Å². The Morgan fingerprint density at radius 2 is 1.75 bits per heavy atom. The van der Waals surface area contributed by atoms with Crippen molar-refractivity contribution in [1.82, 2.24) is 0 Å². The Morgan fingerprint density at radius 3 is 2.36 bits per heavy atom. The Morgan fingerprint density at radius 1 is 1.06 bits per heavy atom. The third kappa shape index (κ3) is 6.96. The van der Waals surface area contributed by atoms with Crippen LogP contribution in [-0.4, -0.2) is 25.6 Å². The Balaban J connectivity index is 1.80. The van der Waals surface area contributed by atoms with Crippen molar-refractivity contribution in [3.8, 4) is 17.6 Å². The minimum atomic E-state index is -0.586. The first-order chi connectivity index (χ1) is 17.3. The first kappa shape index (κ1) is 26.5. The van der Waals surface area contributed by atoms with Gasteiger partial charge in [0, 0.05) is 5.69 Å². The number of benzene rings is 3. The summed E-state index contributed by atoms with van der Waals surface area (Å²) in [4.78, 5) is 24.3. The zero-order valence-electron chi connectivity index (χ0n) is 20.1. The van der Waals surface area contributed by atoms with Gasteiger partial charge in [0.15, 0.2) is 11.5 Å². The topological polar surface area (TPSA) is 97.7 Å². The van der Waals surface area contributed by atoms with Crippen molar-refractivity contribution in [2.75, 3.05) is 19.0 Å². The van der Waals surface area contributed by atoms with Crippen molar-refractivity contribution >= 4 is 39.6 Å². The van der Waals surface area contributed by atoms with Gasteiger partial charge in [0.1, 0.15) is 18.2 Å². The van der Waals surface area contributed by atoms with Gasteiger partial charge < -0.3 is 19.5 Å². The van der Waals surface area contributed by atoms with Gasteiger partial charge in [-0.05, 0) is 83.4 Å². The lowest BCUT2D eigenvalue weighted by Gasteiger charge is -2.15. The van der Waals surface area contributed by atoms with Gasteiger partial charge in [0.2, 0.25) is 0 Å². The number of nitriles is 1. The number of halogens is 1. The van der Waals surface area contributed by atoms with Crippen LogP contribution in [0.5, 0.6) is 11.5 Å². The molecule has 0 heterocycles. The fraction of sp³-hybridized carbons (Fsp3) is 0.179. The zero-order chi connectivity index (χ0) is 26.1. The van der Waals surface area contributed by atoms with Gasteiger partial charge in [-0.25, -0.2) is 4.79 Å². The number of nitrogens with zero attached hydrogens (tertiary/aromatic N) is 1. The maximum Gasteiger partial charge on any atom is 0.337 e. The Kier molecular flexibility index (Phi) is 9.25. The Hall–Kier alpha value is -4.09. The van der Waals surface area contributed by atoms with Crippen LogP contribution in [0, 0.1) is 18.3 Å². The monoisotopic (exact) mass is 548 g/mol. The molecule has 3 aromatic rings. The standard InChI is InChI=1S/C28H25BrN2O5/c1-4-35-25-15-20(14-24(29)26(25)36-17-19-7-5-18(2)6-8-19)13-22(16-30)27(32)31-23-11-9-21(10-12-23)28(33)34-3/h5-15H,4,17H2,1-3H3,(H,31,32)/b22-13+. The molecule has 3 aromatic carbocycles. The number of amides is 1. The number of carbonyl (C=O) groups excluding carboxylic acids is 2. The number of anilines is 1. The summed E-state index contributed by atoms with van der Waals surface area (Å²) in [6.07, 6.45) is 1.47. The normalized spacial score (nSPS) is 10.8. The molecule has 36 heavy (non-hydrogen) atoms. The molecule has 0 saturated heterocycles. The molecule has 0 atom stereocenters. The summed E-state index contributed by atoms with van der Waals surface area (Å²) in [6, 6.07) is 19.6. The van der Waals surface area contributed by atoms with Crippen molar-refractivity contribution in [1.29, 1.82) is 5.26 Å². The molecule has 0 spiro atoms. The minimum absolute atomic E-state index is 0.102. The van der Waals surface area contributed by atoms with Crippen molar-refractivity contribution < 1.29 is 23.8 Å². The fourth-order valence-corrected chi connectivity index (χ4v) is 3.81. The number of nitrogens with one attached hydrogen (secondary N) is 1. The van der Waals surface area contributed by atoms with Gasteiger partial charge >= 0.3 is 5.97 Å². The molecule has 184 valence electrons. The van der Waals surface area contributed by atoms with E-state index < -0.39 is 11.9 Å². The number of carbonyl (C=O) groups is 2. The number of methoxy groups -OCH3 is 1. The average Bonchev–Trinajstić information content (AvgIpc) is 2.88. The highest BCUT2D eigenvalue weighted by atomic mass is 79.9. The highest BCUT2D eigenvalue weighted by molar-refractivity contribution is 9.10. The third-order valence-electron chi connectivity index (χ3n) is 5.08. The Labute approximate surface area is 218 Å². The lowest BCUT2D eigenvalue weighted by Crippen LogP contribution is -2.13. The van der Waals surface area contributed by atoms with Crippen LogP contribution < -0.4 is 14.8 Å². The van der Waals surface area contributed by atoms with Gasteiger partial charge in [-0.1, -0.05) is 29.8 Å². The van der Waals surface area contributed by atoms with Gasteiger partial charge in [0.25, 0.3) is 5.91 Å². The maximum atomic E-state index is 12.7. The second-order valence-corrected chi connectivity index (χ2v) is 8.58. The van der Waals surface area contributed by atoms with E-state index in [0.29, 0.717) is 46.0 Å². The zero-order valence-corrected chi connectivity index (χ0v) is 21.7. The van der Waals surface area contributed by atoms with E-state index in [1.807, 2.05) is 44.2 Å². The molecule has 8 heteroatoms. The van der Waals surface area contributed by atoms with E-state index in [0.717, 1.165) is 5.56 Å². The van der Waals surface area contributed by atoms with Crippen LogP contribution in [0.15, 0.2) is 70.7 Å². The van der Waals surface area contributed by atoms with Gasteiger partial charge in [-0.2, -0.15) is 5.26 Å². The average molecular weight is 549 g/mol. The lowest BCUT2D eigenvalue weighted by atomic mass is 10.1. The van der Waals surface area contributed by atoms with E-state index in [9.17, 15) is 14.9 Å². The molecule has 0 saturated carbocycles. The molecule has 0 radical (unpaired) electrons. The molecule has 3 rings (SSSR count). The van der Waals surface area contributed by atoms with E-state index in [4.69, 9.17) is 9.47 Å². The van der Waals surface area contributed by atoms with Crippen molar-refractivity contribution in [3.63, 3.8) is 0 Å². The van der Waals surface area contributed by atoms with Gasteiger partial charge in [-0.15, -0.1) is 0 Å². The molecule has 0 aliphatic rings. The van der Waals surface area contributed by atoms with Crippen molar-refractivity contribution in [3.05, 3.63) is 93.0 Å². The van der Waals surface area contributed by atoms with Crippen LogP contribution >= 0.6 is 15.9 Å². The lowest BCUT2D eigenvalue weighted by molar-refractivity contribution is -0.112. The molecule has 0 bridgehead atoms. The van der Waals surface area contributed by atoms with E-state index in [1.165, 1.54) is 30.9 Å². The van der Waals surface area contributed by atoms with Crippen molar-refractivity contribution in [2.45, 2.75) is 20.5 Å². The molecule has 1 amide bonds. The summed E-state index contributed by atoms with van der Waals surface area (Å²) in [5.74, 6) is -0.0471. The number of esters is 1. The number of rotatable bonds is 9. The second-order valence-electron chi connectivity index (χ2n) is 7.73. The van der Waals surface area contributed by atoms with E-state index >= 15 is 0 Å². The number of hydrogen-bond acceptors (Lipinski definition) is 6. The molecule has 0 aliphatic heterocycles. The molecule has 7 nitrogen and oxygen atoms in total. The quantitative estimate of drug-likeness (QED) is 0.198. The van der Waals surface area contributed by atoms with Crippen LogP contribution in [-0.2, 0) is 16.1 Å². The van der Waals surface area contributed by atoms with Crippen LogP contribution in [0.1, 0.15) is 34.0 Å². The highest BCUT2D eigenvalue weighted by Crippen LogP contribution is 2.38. The van der Waals surface area contributed by atoms with Crippen LogP contribution in [0.25, 0.3) is 6.08 Å². The maximum absolute atomic E-state index is 12.7. The molecule has 1 N–H and O–H groups in total. The number of aryl methyl sites for hydroxylation is 1. The number of hydrogen-bond donors (Lipinski definition) is 1. The smallest absolute Gasteiger partial charge is 0.337 e. The largest absolute Gasteiger partial charge is 0.490 e. The second kappa shape index (κ2) is 12.6. The predicted octanol–water partition coefficient (Wildman–Crippen LogP) is 6.07. The summed E-state index contributed by atoms with van der Waals surface area (Å²) >= 11 is 3.52. The molecule has 0 aromatic heterocycles. The number of ether oxygens (including phenoxy) is 3. The SMILES string of the molecule is CCOc1cc(/C=C(\C#N)C(=O)Nc2ccc(C(=O)OC)cc2)cc(Br)c1OCc1ccc(C)cc1. The van der Waals surface area contributed by atoms with Crippen LogP contribution in [0.2, 0.25) is 0 Å². The van der Waals surface area contributed by atoms with Crippen LogP contribution in [0.4, 0.5) is 5.69 Å². The summed E-state index contributed by atoms with van der Waals surface area (Å²) in [5, 5.41) is 12.3. The van der Waals surface area contributed by atoms with Gasteiger partial charge in [-0.3, -0.25) is 4.79 Å². The first-order valence-corrected chi connectivity index (χ1v) is 11.9. The van der Waals surface area contributed by atoms with Gasteiger partial charge in [0.05, 0.1) is 23.8 Å². The predicted molar refractivity (Wildman–Crippen MR) is 141 cm³/mol. The summed E-state index contributed by atoms with van der Waals surface area (Å²) in [7, 11) is 1.29. The Bertz CT molecular complexity index is 1310. The molecule has 0 aliphatic carbocycles. The van der Waals surface area contributed by atoms with Crippen LogP contribution in [0.3, 0.4) is 0 Å². The fourth-order valence-electron chi connectivity index (χ4n) is 3.24. The third-order valence-corrected chi connectivity index (χ3v) is 5.66. The summed E-state index contributed by atoms with van der Waals surface area (Å²) in [6.45, 7) is 4.65. The van der Waals surface area contributed by atoms with E-state index in [2.05, 4.69) is 26.0 Å². The highest BCUT2D eigenvalue weighted by Gasteiger charge is 2.15.